The fourth-order valence-electron chi connectivity index (χ4n) is 2.78. The summed E-state index contributed by atoms with van der Waals surface area (Å²) in [6.07, 6.45) is 0. The topological polar surface area (TPSA) is 59.4 Å². The molecule has 128 valence electrons. The molecule has 4 aromatic rings. The first kappa shape index (κ1) is 16.3. The molecule has 0 saturated carbocycles. The second-order valence-corrected chi connectivity index (χ2v) is 6.65. The monoisotopic (exact) mass is 361 g/mol. The smallest absolute Gasteiger partial charge is 0.355 e. The number of aromatic nitrogens is 1. The summed E-state index contributed by atoms with van der Waals surface area (Å²) in [5.74, 6) is -0.251. The molecule has 0 aliphatic rings. The quantitative estimate of drug-likeness (QED) is 0.528. The van der Waals surface area contributed by atoms with Crippen molar-refractivity contribution < 1.29 is 14.6 Å². The van der Waals surface area contributed by atoms with E-state index < -0.39 is 5.97 Å². The van der Waals surface area contributed by atoms with E-state index in [-0.39, 0.29) is 5.69 Å². The van der Waals surface area contributed by atoms with Crippen LogP contribution in [0, 0.1) is 0 Å². The van der Waals surface area contributed by atoms with E-state index in [9.17, 15) is 4.79 Å². The number of rotatable bonds is 5. The largest absolute Gasteiger partial charge is 0.489 e. The van der Waals surface area contributed by atoms with Crippen molar-refractivity contribution >= 4 is 28.1 Å². The van der Waals surface area contributed by atoms with Gasteiger partial charge in [0, 0.05) is 10.9 Å². The van der Waals surface area contributed by atoms with E-state index in [1.165, 1.54) is 22.1 Å². The highest BCUT2D eigenvalue weighted by molar-refractivity contribution is 7.13. The number of aromatic carboxylic acids is 1. The van der Waals surface area contributed by atoms with E-state index in [0.29, 0.717) is 11.6 Å². The minimum absolute atomic E-state index is 0.0706. The van der Waals surface area contributed by atoms with Crippen molar-refractivity contribution in [3.8, 4) is 16.3 Å². The Bertz CT molecular complexity index is 1060. The summed E-state index contributed by atoms with van der Waals surface area (Å²) in [7, 11) is 0. The molecular formula is C21H15NO3S. The maximum Gasteiger partial charge on any atom is 0.355 e. The number of ether oxygens (including phenoxy) is 1. The number of carboxylic acids is 1. The Morgan fingerprint density at radius 3 is 2.54 bits per heavy atom. The predicted octanol–water partition coefficient (Wildman–Crippen LogP) is 5.24. The van der Waals surface area contributed by atoms with Crippen LogP contribution in [0.1, 0.15) is 16.1 Å². The number of benzene rings is 3. The molecule has 0 unspecified atom stereocenters. The molecule has 4 nitrogen and oxygen atoms in total. The fourth-order valence-corrected chi connectivity index (χ4v) is 3.58. The van der Waals surface area contributed by atoms with E-state index in [0.717, 1.165) is 16.9 Å². The normalized spacial score (nSPS) is 10.8. The van der Waals surface area contributed by atoms with Crippen LogP contribution in [0.25, 0.3) is 21.3 Å². The molecule has 26 heavy (non-hydrogen) atoms. The van der Waals surface area contributed by atoms with Crippen LogP contribution >= 0.6 is 11.3 Å². The molecule has 0 amide bonds. The predicted molar refractivity (Wildman–Crippen MR) is 103 cm³/mol. The molecule has 0 spiro atoms. The minimum atomic E-state index is -1.01. The van der Waals surface area contributed by atoms with Crippen molar-refractivity contribution in [3.63, 3.8) is 0 Å². The molecule has 0 fully saturated rings. The Labute approximate surface area is 154 Å². The lowest BCUT2D eigenvalue weighted by Gasteiger charge is -2.09. The van der Waals surface area contributed by atoms with Gasteiger partial charge < -0.3 is 9.84 Å². The van der Waals surface area contributed by atoms with Crippen LogP contribution in [0.4, 0.5) is 0 Å². The highest BCUT2D eigenvalue weighted by Gasteiger charge is 2.10. The Morgan fingerprint density at radius 2 is 1.77 bits per heavy atom. The lowest BCUT2D eigenvalue weighted by molar-refractivity contribution is 0.0691. The van der Waals surface area contributed by atoms with E-state index in [4.69, 9.17) is 9.84 Å². The molecule has 0 bridgehead atoms. The zero-order valence-corrected chi connectivity index (χ0v) is 14.6. The Morgan fingerprint density at radius 1 is 1.00 bits per heavy atom. The number of carbonyl (C=O) groups is 1. The van der Waals surface area contributed by atoms with Crippen molar-refractivity contribution in [2.24, 2.45) is 0 Å². The van der Waals surface area contributed by atoms with Crippen LogP contribution < -0.4 is 4.74 Å². The molecule has 1 aromatic heterocycles. The third kappa shape index (κ3) is 3.30. The molecule has 3 aromatic carbocycles. The number of carboxylic acid groups (broad SMARTS) is 1. The molecule has 0 aliphatic carbocycles. The van der Waals surface area contributed by atoms with Crippen LogP contribution in [0.3, 0.4) is 0 Å². The van der Waals surface area contributed by atoms with Crippen LogP contribution in [0.2, 0.25) is 0 Å². The van der Waals surface area contributed by atoms with Gasteiger partial charge in [0.05, 0.1) is 0 Å². The molecule has 0 saturated heterocycles. The lowest BCUT2D eigenvalue weighted by Crippen LogP contribution is -1.96. The maximum atomic E-state index is 10.9. The third-order valence-electron chi connectivity index (χ3n) is 4.10. The summed E-state index contributed by atoms with van der Waals surface area (Å²) in [6.45, 7) is 0.487. The molecule has 4 rings (SSSR count). The minimum Gasteiger partial charge on any atom is -0.489 e. The molecule has 0 atom stereocenters. The summed E-state index contributed by atoms with van der Waals surface area (Å²) >= 11 is 1.32. The van der Waals surface area contributed by atoms with Gasteiger partial charge in [0.15, 0.2) is 5.69 Å². The van der Waals surface area contributed by atoms with Gasteiger partial charge in [-0.3, -0.25) is 0 Å². The third-order valence-corrected chi connectivity index (χ3v) is 4.99. The number of hydrogen-bond donors (Lipinski definition) is 1. The first-order valence-electron chi connectivity index (χ1n) is 8.09. The molecule has 1 N–H and O–H groups in total. The van der Waals surface area contributed by atoms with Crippen LogP contribution in [0.5, 0.6) is 5.75 Å². The van der Waals surface area contributed by atoms with E-state index in [1.807, 2.05) is 42.5 Å². The second kappa shape index (κ2) is 6.98. The van der Waals surface area contributed by atoms with E-state index in [2.05, 4.69) is 29.2 Å². The summed E-state index contributed by atoms with van der Waals surface area (Å²) in [5, 5.41) is 13.6. The molecule has 1 heterocycles. The number of hydrogen-bond acceptors (Lipinski definition) is 4. The highest BCUT2D eigenvalue weighted by Crippen LogP contribution is 2.26. The average molecular weight is 361 g/mol. The molecule has 0 aliphatic heterocycles. The van der Waals surface area contributed by atoms with Gasteiger partial charge in [0.25, 0.3) is 0 Å². The molecule has 5 heteroatoms. The van der Waals surface area contributed by atoms with Crippen molar-refractivity contribution in [2.45, 2.75) is 6.61 Å². The van der Waals surface area contributed by atoms with Gasteiger partial charge in [-0.25, -0.2) is 9.78 Å². The summed E-state index contributed by atoms with van der Waals surface area (Å²) < 4.78 is 5.92. The number of fused-ring (bicyclic) bond motifs is 1. The Balaban J connectivity index is 1.49. The molecular weight excluding hydrogens is 346 g/mol. The Hall–Kier alpha value is -3.18. The number of thiazole rings is 1. The van der Waals surface area contributed by atoms with Gasteiger partial charge in [-0.1, -0.05) is 42.5 Å². The zero-order valence-electron chi connectivity index (χ0n) is 13.8. The maximum absolute atomic E-state index is 10.9. The van der Waals surface area contributed by atoms with Crippen molar-refractivity contribution in [1.29, 1.82) is 0 Å². The highest BCUT2D eigenvalue weighted by atomic mass is 32.1. The van der Waals surface area contributed by atoms with Gasteiger partial charge >= 0.3 is 5.97 Å². The average Bonchev–Trinajstić information content (AvgIpc) is 3.17. The van der Waals surface area contributed by atoms with E-state index >= 15 is 0 Å². The summed E-state index contributed by atoms with van der Waals surface area (Å²) in [4.78, 5) is 15.1. The van der Waals surface area contributed by atoms with Crippen molar-refractivity contribution in [1.82, 2.24) is 4.98 Å². The SMILES string of the molecule is O=C(O)c1csc(-c2ccc(OCc3cccc4ccccc34)cc2)n1. The standard InChI is InChI=1S/C21H15NO3S/c23-21(24)19-13-26-20(22-19)15-8-10-17(11-9-15)25-12-16-6-3-5-14-4-1-2-7-18(14)16/h1-11,13H,12H2,(H,23,24). The van der Waals surface area contributed by atoms with Gasteiger partial charge in [0.1, 0.15) is 17.4 Å². The molecule has 0 radical (unpaired) electrons. The fraction of sp³-hybridized carbons (Fsp3) is 0.0476. The van der Waals surface area contributed by atoms with E-state index in [1.54, 1.807) is 5.38 Å². The summed E-state index contributed by atoms with van der Waals surface area (Å²) in [6, 6.07) is 22.0. The van der Waals surface area contributed by atoms with Crippen molar-refractivity contribution in [3.05, 3.63) is 83.4 Å². The first-order chi connectivity index (χ1) is 12.7. The summed E-state index contributed by atoms with van der Waals surface area (Å²) in [5.41, 5.74) is 2.08. The van der Waals surface area contributed by atoms with Gasteiger partial charge in [-0.2, -0.15) is 0 Å². The van der Waals surface area contributed by atoms with Crippen molar-refractivity contribution in [2.75, 3.05) is 0 Å². The van der Waals surface area contributed by atoms with Gasteiger partial charge in [0.2, 0.25) is 0 Å². The van der Waals surface area contributed by atoms with Gasteiger partial charge in [-0.15, -0.1) is 11.3 Å². The zero-order chi connectivity index (χ0) is 17.9. The van der Waals surface area contributed by atoms with Crippen LogP contribution in [-0.2, 0) is 6.61 Å². The Kier molecular flexibility index (Phi) is 4.37. The first-order valence-corrected chi connectivity index (χ1v) is 8.97. The number of nitrogens with zero attached hydrogens (tertiary/aromatic N) is 1. The lowest BCUT2D eigenvalue weighted by atomic mass is 10.1. The second-order valence-electron chi connectivity index (χ2n) is 5.79. The van der Waals surface area contributed by atoms with Gasteiger partial charge in [-0.05, 0) is 40.6 Å². The van der Waals surface area contributed by atoms with Crippen LogP contribution in [-0.4, -0.2) is 16.1 Å². The van der Waals surface area contributed by atoms with Crippen LogP contribution in [0.15, 0.2) is 72.1 Å².